The van der Waals surface area contributed by atoms with E-state index >= 15 is 0 Å². The van der Waals surface area contributed by atoms with Gasteiger partial charge in [-0.05, 0) is 0 Å². The van der Waals surface area contributed by atoms with Crippen LogP contribution in [-0.4, -0.2) is 39.0 Å². The third-order valence-electron chi connectivity index (χ3n) is 2.88. The first kappa shape index (κ1) is 13.5. The first-order chi connectivity index (χ1) is 9.07. The fraction of sp³-hybridized carbons (Fsp3) is 0.545. The van der Waals surface area contributed by atoms with Crippen LogP contribution in [0.3, 0.4) is 0 Å². The van der Waals surface area contributed by atoms with Crippen LogP contribution in [-0.2, 0) is 30.3 Å². The fourth-order valence-corrected chi connectivity index (χ4v) is 1.80. The number of rotatable bonds is 5. The van der Waals surface area contributed by atoms with E-state index in [1.54, 1.807) is 18.7 Å². The summed E-state index contributed by atoms with van der Waals surface area (Å²) < 4.78 is 14.2. The molecule has 0 aliphatic heterocycles. The summed E-state index contributed by atoms with van der Waals surface area (Å²) in [5.41, 5.74) is -0.0838. The van der Waals surface area contributed by atoms with Crippen LogP contribution >= 0.6 is 0 Å². The highest BCUT2D eigenvalue weighted by Gasteiger charge is 2.13. The lowest BCUT2D eigenvalue weighted by Gasteiger charge is -2.07. The summed E-state index contributed by atoms with van der Waals surface area (Å²) in [6.07, 6.45) is 1.48. The molecule has 0 fully saturated rings. The van der Waals surface area contributed by atoms with Gasteiger partial charge in [-0.1, -0.05) is 0 Å². The smallest absolute Gasteiger partial charge is 0.332 e. The largest absolute Gasteiger partial charge is 0.382 e. The van der Waals surface area contributed by atoms with Gasteiger partial charge in [0.25, 0.3) is 5.56 Å². The summed E-state index contributed by atoms with van der Waals surface area (Å²) in [5, 5.41) is 0. The number of hydrogen-bond donors (Lipinski definition) is 0. The zero-order chi connectivity index (χ0) is 14.0. The van der Waals surface area contributed by atoms with Crippen LogP contribution in [0.4, 0.5) is 0 Å². The molecule has 0 amide bonds. The molecule has 0 aliphatic carbocycles. The summed E-state index contributed by atoms with van der Waals surface area (Å²) in [5.74, 6) is 0. The van der Waals surface area contributed by atoms with E-state index in [-0.39, 0.29) is 12.3 Å². The lowest BCUT2D eigenvalue weighted by atomic mass is 10.5. The van der Waals surface area contributed by atoms with Gasteiger partial charge in [0, 0.05) is 21.2 Å². The van der Waals surface area contributed by atoms with Crippen LogP contribution in [0.5, 0.6) is 0 Å². The van der Waals surface area contributed by atoms with Crippen molar-refractivity contribution in [3.8, 4) is 0 Å². The van der Waals surface area contributed by atoms with E-state index in [1.807, 2.05) is 0 Å². The molecule has 0 spiro atoms. The molecular weight excluding hydrogens is 252 g/mol. The van der Waals surface area contributed by atoms with Gasteiger partial charge in [0.1, 0.15) is 6.73 Å². The molecule has 2 aromatic rings. The van der Waals surface area contributed by atoms with Crippen LogP contribution in [0, 0.1) is 0 Å². The number of imidazole rings is 1. The Labute approximate surface area is 108 Å². The average molecular weight is 268 g/mol. The molecule has 2 rings (SSSR count). The summed E-state index contributed by atoms with van der Waals surface area (Å²) in [6.45, 7) is 1.08. The number of aromatic nitrogens is 4. The number of aryl methyl sites for hydroxylation is 1. The summed E-state index contributed by atoms with van der Waals surface area (Å²) in [4.78, 5) is 27.9. The minimum Gasteiger partial charge on any atom is -0.382 e. The van der Waals surface area contributed by atoms with Crippen molar-refractivity contribution in [1.29, 1.82) is 0 Å². The van der Waals surface area contributed by atoms with Crippen molar-refractivity contribution in [2.45, 2.75) is 6.73 Å². The molecule has 0 aliphatic rings. The lowest BCUT2D eigenvalue weighted by molar-refractivity contribution is 0.0357. The molecule has 0 radical (unpaired) electrons. The molecule has 19 heavy (non-hydrogen) atoms. The van der Waals surface area contributed by atoms with E-state index in [2.05, 4.69) is 4.98 Å². The molecule has 2 aromatic heterocycles. The molecule has 0 aromatic carbocycles. The Hall–Kier alpha value is -1.93. The van der Waals surface area contributed by atoms with Crippen molar-refractivity contribution in [2.75, 3.05) is 20.3 Å². The highest BCUT2D eigenvalue weighted by molar-refractivity contribution is 5.69. The summed E-state index contributed by atoms with van der Waals surface area (Å²) in [6, 6.07) is 0. The van der Waals surface area contributed by atoms with Crippen LogP contribution in [0.15, 0.2) is 15.9 Å². The van der Waals surface area contributed by atoms with Gasteiger partial charge in [-0.25, -0.2) is 9.78 Å². The minimum atomic E-state index is -0.400. The van der Waals surface area contributed by atoms with Gasteiger partial charge < -0.3 is 14.0 Å². The maximum absolute atomic E-state index is 12.1. The second kappa shape index (κ2) is 5.37. The molecule has 0 saturated heterocycles. The zero-order valence-corrected chi connectivity index (χ0v) is 11.1. The third-order valence-corrected chi connectivity index (χ3v) is 2.88. The summed E-state index contributed by atoms with van der Waals surface area (Å²) in [7, 11) is 4.60. The van der Waals surface area contributed by atoms with Crippen molar-refractivity contribution >= 4 is 11.2 Å². The maximum Gasteiger partial charge on any atom is 0.332 e. The lowest BCUT2D eigenvalue weighted by Crippen LogP contribution is -2.37. The molecule has 0 N–H and O–H groups in total. The molecule has 0 unspecified atom stereocenters. The minimum absolute atomic E-state index is 0.188. The van der Waals surface area contributed by atoms with Gasteiger partial charge in [0.05, 0.1) is 19.5 Å². The predicted molar refractivity (Wildman–Crippen MR) is 68.0 cm³/mol. The number of hydrogen-bond acceptors (Lipinski definition) is 5. The molecule has 8 heteroatoms. The van der Waals surface area contributed by atoms with Crippen LogP contribution < -0.4 is 11.2 Å². The molecule has 104 valence electrons. The second-order valence-corrected chi connectivity index (χ2v) is 4.12. The van der Waals surface area contributed by atoms with Crippen molar-refractivity contribution in [2.24, 2.45) is 14.1 Å². The van der Waals surface area contributed by atoms with E-state index in [0.29, 0.717) is 24.4 Å². The topological polar surface area (TPSA) is 80.3 Å². The van der Waals surface area contributed by atoms with E-state index in [4.69, 9.17) is 9.47 Å². The van der Waals surface area contributed by atoms with E-state index in [1.165, 1.54) is 17.9 Å². The number of ether oxygens (including phenoxy) is 2. The molecule has 0 atom stereocenters. The molecule has 8 nitrogen and oxygen atoms in total. The highest BCUT2D eigenvalue weighted by Crippen LogP contribution is 2.05. The van der Waals surface area contributed by atoms with Gasteiger partial charge in [-0.2, -0.15) is 0 Å². The fourth-order valence-electron chi connectivity index (χ4n) is 1.80. The number of methoxy groups -OCH3 is 1. The van der Waals surface area contributed by atoms with Gasteiger partial charge in [-0.3, -0.25) is 13.9 Å². The first-order valence-electron chi connectivity index (χ1n) is 5.75. The third kappa shape index (κ3) is 2.32. The molecule has 0 saturated carbocycles. The van der Waals surface area contributed by atoms with Crippen molar-refractivity contribution in [1.82, 2.24) is 18.7 Å². The Morgan fingerprint density at radius 1 is 1.21 bits per heavy atom. The van der Waals surface area contributed by atoms with Crippen molar-refractivity contribution in [3.05, 3.63) is 27.2 Å². The molecular formula is C11H16N4O4. The van der Waals surface area contributed by atoms with E-state index in [9.17, 15) is 9.59 Å². The molecule has 2 heterocycles. The van der Waals surface area contributed by atoms with Gasteiger partial charge in [0.2, 0.25) is 0 Å². The Balaban J connectivity index is 2.43. The van der Waals surface area contributed by atoms with Gasteiger partial charge in [-0.15, -0.1) is 0 Å². The Kier molecular flexibility index (Phi) is 3.82. The van der Waals surface area contributed by atoms with Crippen LogP contribution in [0.1, 0.15) is 0 Å². The highest BCUT2D eigenvalue weighted by atomic mass is 16.5. The second-order valence-electron chi connectivity index (χ2n) is 4.12. The number of nitrogens with zero attached hydrogens (tertiary/aromatic N) is 4. The standard InChI is InChI=1S/C11H16N4O4/c1-13-9-8(10(16)14(2)11(13)17)15(6-12-9)7-19-5-4-18-3/h6H,4-5,7H2,1-3H3. The van der Waals surface area contributed by atoms with Crippen LogP contribution in [0.2, 0.25) is 0 Å². The Bertz CT molecular complexity index is 697. The normalized spacial score (nSPS) is 11.3. The number of fused-ring (bicyclic) bond motifs is 1. The summed E-state index contributed by atoms with van der Waals surface area (Å²) >= 11 is 0. The Morgan fingerprint density at radius 3 is 2.63 bits per heavy atom. The zero-order valence-electron chi connectivity index (χ0n) is 11.1. The Morgan fingerprint density at radius 2 is 1.95 bits per heavy atom. The average Bonchev–Trinajstić information content (AvgIpc) is 2.83. The van der Waals surface area contributed by atoms with Gasteiger partial charge >= 0.3 is 5.69 Å². The van der Waals surface area contributed by atoms with Crippen molar-refractivity contribution in [3.63, 3.8) is 0 Å². The monoisotopic (exact) mass is 268 g/mol. The predicted octanol–water partition coefficient (Wildman–Crippen LogP) is -0.946. The van der Waals surface area contributed by atoms with Gasteiger partial charge in [0.15, 0.2) is 11.2 Å². The van der Waals surface area contributed by atoms with Crippen molar-refractivity contribution < 1.29 is 9.47 Å². The quantitative estimate of drug-likeness (QED) is 0.653. The van der Waals surface area contributed by atoms with E-state index < -0.39 is 5.69 Å². The maximum atomic E-state index is 12.1. The van der Waals surface area contributed by atoms with Crippen LogP contribution in [0.25, 0.3) is 11.2 Å². The molecule has 0 bridgehead atoms. The first-order valence-corrected chi connectivity index (χ1v) is 5.75. The SMILES string of the molecule is COCCOCn1cnc2c1c(=O)n(C)c(=O)n2C. The van der Waals surface area contributed by atoms with E-state index in [0.717, 1.165) is 4.57 Å².